The zero-order valence-electron chi connectivity index (χ0n) is 5.88. The third-order valence-corrected chi connectivity index (χ3v) is 1.86. The molecule has 1 aromatic carbocycles. The standard InChI is InChI=1S/C9H11S/c1-2-8-3-5-9(7-10)6-4-8/h3-6,10H,1-2,7H2. The molecule has 1 heteroatoms. The molecule has 0 amide bonds. The monoisotopic (exact) mass is 151 g/mol. The Hall–Kier alpha value is -0.430. The van der Waals surface area contributed by atoms with Gasteiger partial charge in [0.2, 0.25) is 0 Å². The second-order valence-electron chi connectivity index (χ2n) is 2.22. The van der Waals surface area contributed by atoms with Gasteiger partial charge >= 0.3 is 0 Å². The van der Waals surface area contributed by atoms with Gasteiger partial charge in [-0.1, -0.05) is 24.3 Å². The van der Waals surface area contributed by atoms with Crippen molar-refractivity contribution in [1.29, 1.82) is 0 Å². The summed E-state index contributed by atoms with van der Waals surface area (Å²) >= 11 is 4.16. The van der Waals surface area contributed by atoms with E-state index in [0.29, 0.717) is 0 Å². The molecule has 0 aromatic heterocycles. The molecule has 0 saturated carbocycles. The minimum absolute atomic E-state index is 0.817. The van der Waals surface area contributed by atoms with Crippen molar-refractivity contribution in [3.05, 3.63) is 42.3 Å². The molecule has 0 atom stereocenters. The first-order valence-electron chi connectivity index (χ1n) is 3.34. The molecule has 0 N–H and O–H groups in total. The molecule has 1 aromatic rings. The van der Waals surface area contributed by atoms with Crippen LogP contribution >= 0.6 is 12.6 Å². The van der Waals surface area contributed by atoms with Gasteiger partial charge in [-0.15, -0.1) is 0 Å². The van der Waals surface area contributed by atoms with E-state index in [1.165, 1.54) is 11.1 Å². The Kier molecular flexibility index (Phi) is 2.82. The Bertz CT molecular complexity index is 165. The molecule has 0 bridgehead atoms. The quantitative estimate of drug-likeness (QED) is 0.617. The van der Waals surface area contributed by atoms with Crippen molar-refractivity contribution >= 4 is 12.6 Å². The lowest BCUT2D eigenvalue weighted by molar-refractivity contribution is 1.25. The molecule has 0 unspecified atom stereocenters. The van der Waals surface area contributed by atoms with E-state index in [-0.39, 0.29) is 0 Å². The number of benzene rings is 1. The van der Waals surface area contributed by atoms with Crippen LogP contribution in [0, 0.1) is 6.92 Å². The van der Waals surface area contributed by atoms with Crippen LogP contribution in [-0.2, 0) is 12.2 Å². The third kappa shape index (κ3) is 1.77. The van der Waals surface area contributed by atoms with Gasteiger partial charge in [0.25, 0.3) is 0 Å². The van der Waals surface area contributed by atoms with Crippen molar-refractivity contribution in [1.82, 2.24) is 0 Å². The lowest BCUT2D eigenvalue weighted by atomic mass is 10.1. The van der Waals surface area contributed by atoms with Crippen LogP contribution in [0.2, 0.25) is 0 Å². The van der Waals surface area contributed by atoms with E-state index in [1.54, 1.807) is 0 Å². The molecule has 1 radical (unpaired) electrons. The minimum atomic E-state index is 0.817. The predicted molar refractivity (Wildman–Crippen MR) is 48.2 cm³/mol. The first-order chi connectivity index (χ1) is 4.86. The van der Waals surface area contributed by atoms with Crippen LogP contribution < -0.4 is 0 Å². The average molecular weight is 151 g/mol. The molecule has 0 aliphatic heterocycles. The zero-order chi connectivity index (χ0) is 7.40. The van der Waals surface area contributed by atoms with Gasteiger partial charge in [-0.25, -0.2) is 0 Å². The van der Waals surface area contributed by atoms with Crippen LogP contribution in [-0.4, -0.2) is 0 Å². The van der Waals surface area contributed by atoms with Crippen LogP contribution in [0.3, 0.4) is 0 Å². The normalized spacial score (nSPS) is 9.80. The molecule has 0 nitrogen and oxygen atoms in total. The van der Waals surface area contributed by atoms with Crippen LogP contribution in [0.5, 0.6) is 0 Å². The molecule has 0 fully saturated rings. The SMILES string of the molecule is [CH2]Cc1ccc(CS)cc1. The van der Waals surface area contributed by atoms with E-state index in [1.807, 2.05) is 0 Å². The summed E-state index contributed by atoms with van der Waals surface area (Å²) in [5, 5.41) is 0. The van der Waals surface area contributed by atoms with Crippen LogP contribution in [0.25, 0.3) is 0 Å². The highest BCUT2D eigenvalue weighted by Gasteiger charge is 1.88. The highest BCUT2D eigenvalue weighted by atomic mass is 32.1. The van der Waals surface area contributed by atoms with Crippen molar-refractivity contribution in [2.75, 3.05) is 0 Å². The van der Waals surface area contributed by atoms with Crippen LogP contribution in [0.4, 0.5) is 0 Å². The second-order valence-corrected chi connectivity index (χ2v) is 2.54. The van der Waals surface area contributed by atoms with Crippen molar-refractivity contribution in [3.8, 4) is 0 Å². The fourth-order valence-corrected chi connectivity index (χ4v) is 1.02. The summed E-state index contributed by atoms with van der Waals surface area (Å²) in [5.74, 6) is 0.817. The lowest BCUT2D eigenvalue weighted by Crippen LogP contribution is -1.81. The smallest absolute Gasteiger partial charge is 0.0154 e. The Labute approximate surface area is 67.7 Å². The minimum Gasteiger partial charge on any atom is -0.175 e. The largest absolute Gasteiger partial charge is 0.175 e. The van der Waals surface area contributed by atoms with Gasteiger partial charge in [-0.3, -0.25) is 0 Å². The molecule has 0 spiro atoms. The molecule has 53 valence electrons. The summed E-state index contributed by atoms with van der Waals surface area (Å²) < 4.78 is 0. The molecule has 0 aliphatic carbocycles. The van der Waals surface area contributed by atoms with Gasteiger partial charge in [-0.2, -0.15) is 12.6 Å². The summed E-state index contributed by atoms with van der Waals surface area (Å²) in [4.78, 5) is 0. The number of hydrogen-bond donors (Lipinski definition) is 1. The average Bonchev–Trinajstić information content (AvgIpc) is 2.05. The van der Waals surface area contributed by atoms with Gasteiger partial charge < -0.3 is 0 Å². The highest BCUT2D eigenvalue weighted by molar-refractivity contribution is 7.79. The van der Waals surface area contributed by atoms with E-state index in [9.17, 15) is 0 Å². The first kappa shape index (κ1) is 7.67. The maximum absolute atomic E-state index is 4.16. The molecule has 10 heavy (non-hydrogen) atoms. The van der Waals surface area contributed by atoms with E-state index in [0.717, 1.165) is 12.2 Å². The third-order valence-electron chi connectivity index (χ3n) is 1.49. The Morgan fingerprint density at radius 2 is 1.60 bits per heavy atom. The molecule has 1 rings (SSSR count). The maximum atomic E-state index is 4.16. The molecular weight excluding hydrogens is 140 g/mol. The summed E-state index contributed by atoms with van der Waals surface area (Å²) in [6.07, 6.45) is 0.868. The van der Waals surface area contributed by atoms with E-state index < -0.39 is 0 Å². The van der Waals surface area contributed by atoms with Crippen LogP contribution in [0.15, 0.2) is 24.3 Å². The Balaban J connectivity index is 2.80. The van der Waals surface area contributed by atoms with Gasteiger partial charge in [0.1, 0.15) is 0 Å². The predicted octanol–water partition coefficient (Wildman–Crippen LogP) is 2.49. The summed E-state index contributed by atoms with van der Waals surface area (Å²) in [7, 11) is 0. The Morgan fingerprint density at radius 1 is 1.10 bits per heavy atom. The van der Waals surface area contributed by atoms with Gasteiger partial charge in [0.15, 0.2) is 0 Å². The molecule has 0 aliphatic rings. The summed E-state index contributed by atoms with van der Waals surface area (Å²) in [6.45, 7) is 3.79. The fraction of sp³-hybridized carbons (Fsp3) is 0.222. The van der Waals surface area contributed by atoms with Gasteiger partial charge in [-0.05, 0) is 24.5 Å². The highest BCUT2D eigenvalue weighted by Crippen LogP contribution is 2.06. The fourth-order valence-electron chi connectivity index (χ4n) is 0.811. The van der Waals surface area contributed by atoms with E-state index in [4.69, 9.17) is 0 Å². The van der Waals surface area contributed by atoms with Crippen LogP contribution in [0.1, 0.15) is 11.1 Å². The molecule has 0 saturated heterocycles. The number of thiol groups is 1. The summed E-state index contributed by atoms with van der Waals surface area (Å²) in [5.41, 5.74) is 2.55. The van der Waals surface area contributed by atoms with Gasteiger partial charge in [0.05, 0.1) is 0 Å². The van der Waals surface area contributed by atoms with Crippen molar-refractivity contribution in [3.63, 3.8) is 0 Å². The van der Waals surface area contributed by atoms with Crippen molar-refractivity contribution < 1.29 is 0 Å². The summed E-state index contributed by atoms with van der Waals surface area (Å²) in [6, 6.07) is 8.37. The second kappa shape index (κ2) is 3.67. The molecular formula is C9H11S. The van der Waals surface area contributed by atoms with Crippen molar-refractivity contribution in [2.24, 2.45) is 0 Å². The van der Waals surface area contributed by atoms with E-state index >= 15 is 0 Å². The Morgan fingerprint density at radius 3 is 2.00 bits per heavy atom. The van der Waals surface area contributed by atoms with Crippen molar-refractivity contribution in [2.45, 2.75) is 12.2 Å². The lowest BCUT2D eigenvalue weighted by Gasteiger charge is -1.97. The topological polar surface area (TPSA) is 0 Å². The zero-order valence-corrected chi connectivity index (χ0v) is 6.77. The van der Waals surface area contributed by atoms with Gasteiger partial charge in [0, 0.05) is 5.75 Å². The first-order valence-corrected chi connectivity index (χ1v) is 3.98. The maximum Gasteiger partial charge on any atom is 0.0154 e. The molecule has 0 heterocycles. The number of rotatable bonds is 2. The number of hydrogen-bond acceptors (Lipinski definition) is 1. The van der Waals surface area contributed by atoms with E-state index in [2.05, 4.69) is 43.8 Å².